The summed E-state index contributed by atoms with van der Waals surface area (Å²) in [6.45, 7) is 3.57. The van der Waals surface area contributed by atoms with Crippen LogP contribution >= 0.6 is 12.4 Å². The van der Waals surface area contributed by atoms with Crippen LogP contribution in [0, 0.1) is 0 Å². The highest BCUT2D eigenvalue weighted by molar-refractivity contribution is 5.85. The van der Waals surface area contributed by atoms with Crippen LogP contribution in [0.3, 0.4) is 0 Å². The van der Waals surface area contributed by atoms with Crippen LogP contribution in [0.1, 0.15) is 23.6 Å². The van der Waals surface area contributed by atoms with Crippen LogP contribution in [0.15, 0.2) is 48.5 Å². The van der Waals surface area contributed by atoms with Gasteiger partial charge in [-0.1, -0.05) is 36.4 Å². The molecule has 0 radical (unpaired) electrons. The highest BCUT2D eigenvalue weighted by atomic mass is 35.5. The number of benzene rings is 2. The van der Waals surface area contributed by atoms with Crippen molar-refractivity contribution in [3.05, 3.63) is 59.7 Å². The summed E-state index contributed by atoms with van der Waals surface area (Å²) in [7, 11) is 1.57. The van der Waals surface area contributed by atoms with Gasteiger partial charge in [-0.3, -0.25) is 4.90 Å². The van der Waals surface area contributed by atoms with Crippen LogP contribution in [0.2, 0.25) is 0 Å². The number of rotatable bonds is 8. The molecule has 2 aromatic carbocycles. The first-order valence-electron chi connectivity index (χ1n) is 9.25. The van der Waals surface area contributed by atoms with Crippen LogP contribution in [0.5, 0.6) is 11.5 Å². The summed E-state index contributed by atoms with van der Waals surface area (Å²) in [5.41, 5.74) is 1.89. The van der Waals surface area contributed by atoms with E-state index in [-0.39, 0.29) is 24.9 Å². The Bertz CT molecular complexity index is 713. The fourth-order valence-corrected chi connectivity index (χ4v) is 3.40. The molecule has 1 fully saturated rings. The summed E-state index contributed by atoms with van der Waals surface area (Å²) in [4.78, 5) is 2.11. The van der Waals surface area contributed by atoms with Crippen LogP contribution in [-0.4, -0.2) is 44.6 Å². The van der Waals surface area contributed by atoms with E-state index in [4.69, 9.17) is 9.47 Å². The van der Waals surface area contributed by atoms with E-state index in [9.17, 15) is 8.78 Å². The van der Waals surface area contributed by atoms with E-state index >= 15 is 0 Å². The Labute approximate surface area is 171 Å². The number of nitrogens with zero attached hydrogens (tertiary/aromatic N) is 1. The zero-order valence-corrected chi connectivity index (χ0v) is 16.8. The number of alkyl halides is 2. The van der Waals surface area contributed by atoms with Gasteiger partial charge >= 0.3 is 0 Å². The minimum Gasteiger partial charge on any atom is -0.493 e. The molecule has 3 rings (SSSR count). The van der Waals surface area contributed by atoms with E-state index in [1.54, 1.807) is 7.11 Å². The van der Waals surface area contributed by atoms with Gasteiger partial charge in [-0.2, -0.15) is 0 Å². The largest absolute Gasteiger partial charge is 0.493 e. The molecule has 4 nitrogen and oxygen atoms in total. The molecule has 1 aliphatic rings. The van der Waals surface area contributed by atoms with Crippen molar-refractivity contribution >= 4 is 12.4 Å². The first-order valence-corrected chi connectivity index (χ1v) is 9.25. The number of methoxy groups -OCH3 is 1. The first kappa shape index (κ1) is 22.4. The second-order valence-corrected chi connectivity index (χ2v) is 6.61. The smallest absolute Gasteiger partial charge is 0.240 e. The summed E-state index contributed by atoms with van der Waals surface area (Å²) < 4.78 is 37.7. The molecule has 1 saturated heterocycles. The lowest BCUT2D eigenvalue weighted by Crippen LogP contribution is -2.45. The van der Waals surface area contributed by atoms with Crippen molar-refractivity contribution < 1.29 is 18.3 Å². The average Bonchev–Trinajstić information content (AvgIpc) is 2.71. The highest BCUT2D eigenvalue weighted by Gasteiger charge is 2.26. The van der Waals surface area contributed by atoms with Crippen LogP contribution < -0.4 is 14.8 Å². The number of hydrogen-bond acceptors (Lipinski definition) is 4. The van der Waals surface area contributed by atoms with Crippen molar-refractivity contribution in [3.8, 4) is 11.5 Å². The molecule has 0 aliphatic carbocycles. The minimum absolute atomic E-state index is 0. The van der Waals surface area contributed by atoms with E-state index in [0.717, 1.165) is 37.3 Å². The van der Waals surface area contributed by atoms with Gasteiger partial charge in [-0.25, -0.2) is 8.78 Å². The Morgan fingerprint density at radius 3 is 2.39 bits per heavy atom. The maximum atomic E-state index is 13.2. The second kappa shape index (κ2) is 11.2. The molecule has 2 aromatic rings. The van der Waals surface area contributed by atoms with Gasteiger partial charge in [0.15, 0.2) is 11.5 Å². The van der Waals surface area contributed by atoms with Crippen molar-refractivity contribution in [1.82, 2.24) is 10.2 Å². The third-order valence-corrected chi connectivity index (χ3v) is 4.80. The molecule has 1 aliphatic heterocycles. The van der Waals surface area contributed by atoms with Gasteiger partial charge in [-0.05, 0) is 23.3 Å². The molecule has 28 heavy (non-hydrogen) atoms. The van der Waals surface area contributed by atoms with Crippen molar-refractivity contribution in [3.63, 3.8) is 0 Å². The maximum Gasteiger partial charge on any atom is 0.240 e. The second-order valence-electron chi connectivity index (χ2n) is 6.61. The summed E-state index contributed by atoms with van der Waals surface area (Å²) in [6.07, 6.45) is -2.54. The van der Waals surface area contributed by atoms with Gasteiger partial charge in [0.25, 0.3) is 0 Å². The molecule has 0 amide bonds. The number of nitrogens with one attached hydrogen (secondary N) is 1. The number of halogens is 3. The topological polar surface area (TPSA) is 33.7 Å². The predicted octanol–water partition coefficient (Wildman–Crippen LogP) is 4.30. The van der Waals surface area contributed by atoms with Crippen molar-refractivity contribution in [2.24, 2.45) is 0 Å². The summed E-state index contributed by atoms with van der Waals surface area (Å²) in [6, 6.07) is 15.0. The van der Waals surface area contributed by atoms with Gasteiger partial charge in [0, 0.05) is 38.6 Å². The van der Waals surface area contributed by atoms with Gasteiger partial charge in [-0.15, -0.1) is 12.4 Å². The molecule has 0 unspecified atom stereocenters. The number of piperazine rings is 1. The lowest BCUT2D eigenvalue weighted by atomic mass is 10.0. The summed E-state index contributed by atoms with van der Waals surface area (Å²) >= 11 is 0. The Hall–Kier alpha value is -1.89. The van der Waals surface area contributed by atoms with Gasteiger partial charge in [0.1, 0.15) is 6.61 Å². The Kier molecular flexibility index (Phi) is 8.96. The number of hydrogen-bond donors (Lipinski definition) is 1. The monoisotopic (exact) mass is 412 g/mol. The molecule has 0 saturated carbocycles. The summed E-state index contributed by atoms with van der Waals surface area (Å²) in [5.74, 6) is 1.18. The lowest BCUT2D eigenvalue weighted by molar-refractivity contribution is 0.0738. The van der Waals surface area contributed by atoms with E-state index in [1.165, 1.54) is 0 Å². The predicted molar refractivity (Wildman–Crippen MR) is 109 cm³/mol. The normalized spacial score (nSPS) is 15.7. The Balaban J connectivity index is 0.00000280. The zero-order valence-electron chi connectivity index (χ0n) is 15.9. The van der Waals surface area contributed by atoms with E-state index in [2.05, 4.69) is 10.2 Å². The molecule has 1 heterocycles. The molecule has 1 atom stereocenters. The molecule has 154 valence electrons. The van der Waals surface area contributed by atoms with Crippen molar-refractivity contribution in [1.29, 1.82) is 0 Å². The lowest BCUT2D eigenvalue weighted by Gasteiger charge is -2.35. The van der Waals surface area contributed by atoms with Gasteiger partial charge in [0.05, 0.1) is 7.11 Å². The summed E-state index contributed by atoms with van der Waals surface area (Å²) in [5, 5.41) is 3.26. The van der Waals surface area contributed by atoms with Gasteiger partial charge < -0.3 is 14.8 Å². The molecular formula is C21H27ClF2N2O2. The van der Waals surface area contributed by atoms with Gasteiger partial charge in [0.2, 0.25) is 6.43 Å². The molecule has 7 heteroatoms. The fraction of sp³-hybridized carbons (Fsp3) is 0.429. The number of ether oxygens (including phenoxy) is 2. The van der Waals surface area contributed by atoms with E-state index in [1.807, 2.05) is 48.5 Å². The SMILES string of the molecule is COc1cc([C@H](CC(F)F)N2CCNCC2)ccc1OCc1ccccc1.Cl. The molecule has 1 N–H and O–H groups in total. The Morgan fingerprint density at radius 1 is 1.04 bits per heavy atom. The fourth-order valence-electron chi connectivity index (χ4n) is 3.40. The minimum atomic E-state index is -2.36. The highest BCUT2D eigenvalue weighted by Crippen LogP contribution is 2.35. The standard InChI is InChI=1S/C21H26F2N2O2.ClH/c1-26-20-13-17(18(14-21(22)23)25-11-9-24-10-12-25)7-8-19(20)27-15-16-5-3-2-4-6-16;/h2-8,13,18,21,24H,9-12,14-15H2,1H3;1H/t18-;/m0./s1. The Morgan fingerprint density at radius 2 is 1.75 bits per heavy atom. The van der Waals surface area contributed by atoms with Crippen LogP contribution in [0.25, 0.3) is 0 Å². The molecular weight excluding hydrogens is 386 g/mol. The average molecular weight is 413 g/mol. The van der Waals surface area contributed by atoms with E-state index < -0.39 is 6.43 Å². The quantitative estimate of drug-likeness (QED) is 0.701. The van der Waals surface area contributed by atoms with Crippen molar-refractivity contribution in [2.45, 2.75) is 25.5 Å². The van der Waals surface area contributed by atoms with E-state index in [0.29, 0.717) is 18.1 Å². The first-order chi connectivity index (χ1) is 13.2. The van der Waals surface area contributed by atoms with Crippen LogP contribution in [0.4, 0.5) is 8.78 Å². The maximum absolute atomic E-state index is 13.2. The molecule has 0 spiro atoms. The third-order valence-electron chi connectivity index (χ3n) is 4.80. The van der Waals surface area contributed by atoms with Crippen molar-refractivity contribution in [2.75, 3.05) is 33.3 Å². The molecule has 0 bridgehead atoms. The third kappa shape index (κ3) is 6.06. The molecule has 0 aromatic heterocycles. The van der Waals surface area contributed by atoms with Crippen LogP contribution in [-0.2, 0) is 6.61 Å². The zero-order chi connectivity index (χ0) is 19.1.